The normalized spacial score (nSPS) is 16.1. The fourth-order valence-corrected chi connectivity index (χ4v) is 3.92. The van der Waals surface area contributed by atoms with Gasteiger partial charge in [-0.3, -0.25) is 9.89 Å². The highest BCUT2D eigenvalue weighted by Gasteiger charge is 2.19. The van der Waals surface area contributed by atoms with Crippen LogP contribution in [0.5, 0.6) is 0 Å². The van der Waals surface area contributed by atoms with Gasteiger partial charge in [0.2, 0.25) is 11.1 Å². The Morgan fingerprint density at radius 2 is 2.28 bits per heavy atom. The quantitative estimate of drug-likeness (QED) is 0.559. The molecular formula is C17H22ClN5OS. The van der Waals surface area contributed by atoms with Crippen molar-refractivity contribution < 1.29 is 4.79 Å². The van der Waals surface area contributed by atoms with Crippen molar-refractivity contribution >= 4 is 35.0 Å². The predicted octanol–water partition coefficient (Wildman–Crippen LogP) is 4.10. The van der Waals surface area contributed by atoms with E-state index in [9.17, 15) is 4.79 Å². The average Bonchev–Trinajstić information content (AvgIpc) is 3.26. The SMILES string of the molecule is CC(Sc1n[nH]c(CCC2CCCC2)n1)C(=O)Nc1cccnc1Cl. The highest BCUT2D eigenvalue weighted by Crippen LogP contribution is 2.28. The molecule has 1 fully saturated rings. The van der Waals surface area contributed by atoms with Gasteiger partial charge in [0.15, 0.2) is 5.15 Å². The Morgan fingerprint density at radius 3 is 3.04 bits per heavy atom. The lowest BCUT2D eigenvalue weighted by atomic mass is 10.0. The van der Waals surface area contributed by atoms with Crippen LogP contribution >= 0.6 is 23.4 Å². The van der Waals surface area contributed by atoms with E-state index in [1.54, 1.807) is 18.3 Å². The first-order valence-electron chi connectivity index (χ1n) is 8.61. The summed E-state index contributed by atoms with van der Waals surface area (Å²) in [5, 5.41) is 10.5. The van der Waals surface area contributed by atoms with Gasteiger partial charge in [-0.15, -0.1) is 5.10 Å². The number of aryl methyl sites for hydroxylation is 1. The molecule has 2 aromatic heterocycles. The second-order valence-corrected chi connectivity index (χ2v) is 8.01. The highest BCUT2D eigenvalue weighted by atomic mass is 35.5. The first kappa shape index (κ1) is 18.2. The van der Waals surface area contributed by atoms with Gasteiger partial charge in [0, 0.05) is 12.6 Å². The van der Waals surface area contributed by atoms with Gasteiger partial charge in [-0.05, 0) is 31.4 Å². The zero-order valence-corrected chi connectivity index (χ0v) is 15.7. The molecule has 2 aromatic rings. The van der Waals surface area contributed by atoms with Crippen molar-refractivity contribution in [3.05, 3.63) is 29.3 Å². The van der Waals surface area contributed by atoms with Crippen LogP contribution in [0.3, 0.4) is 0 Å². The van der Waals surface area contributed by atoms with Crippen molar-refractivity contribution in [3.63, 3.8) is 0 Å². The maximum absolute atomic E-state index is 12.3. The summed E-state index contributed by atoms with van der Waals surface area (Å²) < 4.78 is 0. The number of hydrogen-bond donors (Lipinski definition) is 2. The molecule has 1 aliphatic carbocycles. The van der Waals surface area contributed by atoms with E-state index in [2.05, 4.69) is 25.5 Å². The Balaban J connectivity index is 1.49. The maximum atomic E-state index is 12.3. The molecule has 6 nitrogen and oxygen atoms in total. The van der Waals surface area contributed by atoms with Gasteiger partial charge in [-0.2, -0.15) is 0 Å². The average molecular weight is 380 g/mol. The minimum Gasteiger partial charge on any atom is -0.322 e. The number of carbonyl (C=O) groups is 1. The first-order chi connectivity index (χ1) is 12.1. The number of rotatable bonds is 7. The van der Waals surface area contributed by atoms with Crippen LogP contribution in [-0.4, -0.2) is 31.3 Å². The van der Waals surface area contributed by atoms with Crippen molar-refractivity contribution in [2.75, 3.05) is 5.32 Å². The lowest BCUT2D eigenvalue weighted by molar-refractivity contribution is -0.115. The molecule has 0 radical (unpaired) electrons. The molecule has 0 spiro atoms. The fraction of sp³-hybridized carbons (Fsp3) is 0.529. The van der Waals surface area contributed by atoms with Gasteiger partial charge < -0.3 is 5.32 Å². The van der Waals surface area contributed by atoms with Gasteiger partial charge in [0.1, 0.15) is 5.82 Å². The molecule has 1 atom stereocenters. The van der Waals surface area contributed by atoms with E-state index in [0.29, 0.717) is 10.8 Å². The third-order valence-corrected chi connectivity index (χ3v) is 5.71. The van der Waals surface area contributed by atoms with E-state index in [4.69, 9.17) is 11.6 Å². The number of nitrogens with zero attached hydrogens (tertiary/aromatic N) is 3. The minimum atomic E-state index is -0.338. The molecule has 0 saturated heterocycles. The second-order valence-electron chi connectivity index (χ2n) is 6.34. The number of aromatic nitrogens is 4. The number of halogens is 1. The lowest BCUT2D eigenvalue weighted by Gasteiger charge is -2.10. The van der Waals surface area contributed by atoms with Crippen molar-refractivity contribution in [1.82, 2.24) is 20.2 Å². The van der Waals surface area contributed by atoms with Crippen LogP contribution in [0.15, 0.2) is 23.5 Å². The number of aromatic amines is 1. The van der Waals surface area contributed by atoms with Gasteiger partial charge >= 0.3 is 0 Å². The number of hydrogen-bond acceptors (Lipinski definition) is 5. The zero-order chi connectivity index (χ0) is 17.6. The summed E-state index contributed by atoms with van der Waals surface area (Å²) in [6.45, 7) is 1.82. The number of amides is 1. The molecule has 3 rings (SSSR count). The Labute approximate surface area is 156 Å². The Bertz CT molecular complexity index is 717. The van der Waals surface area contributed by atoms with Gasteiger partial charge in [0.05, 0.1) is 10.9 Å². The van der Waals surface area contributed by atoms with Gasteiger partial charge in [0.25, 0.3) is 0 Å². The summed E-state index contributed by atoms with van der Waals surface area (Å²) in [6, 6.07) is 3.45. The third kappa shape index (κ3) is 5.19. The van der Waals surface area contributed by atoms with E-state index in [1.807, 2.05) is 6.92 Å². The molecule has 25 heavy (non-hydrogen) atoms. The smallest absolute Gasteiger partial charge is 0.237 e. The molecule has 0 bridgehead atoms. The number of carbonyl (C=O) groups excluding carboxylic acids is 1. The van der Waals surface area contributed by atoms with Crippen molar-refractivity contribution in [3.8, 4) is 0 Å². The summed E-state index contributed by atoms with van der Waals surface area (Å²) >= 11 is 7.29. The maximum Gasteiger partial charge on any atom is 0.237 e. The lowest BCUT2D eigenvalue weighted by Crippen LogP contribution is -2.22. The van der Waals surface area contributed by atoms with Crippen molar-refractivity contribution in [2.45, 2.75) is 55.9 Å². The molecule has 1 aliphatic rings. The summed E-state index contributed by atoms with van der Waals surface area (Å²) in [6.07, 6.45) is 9.05. The Hall–Kier alpha value is -1.60. The van der Waals surface area contributed by atoms with Crippen LogP contribution in [-0.2, 0) is 11.2 Å². The fourth-order valence-electron chi connectivity index (χ4n) is 3.01. The third-order valence-electron chi connectivity index (χ3n) is 4.44. The Morgan fingerprint density at radius 1 is 1.48 bits per heavy atom. The first-order valence-corrected chi connectivity index (χ1v) is 9.87. The molecule has 2 N–H and O–H groups in total. The number of thioether (sulfide) groups is 1. The minimum absolute atomic E-state index is 0.155. The monoisotopic (exact) mass is 379 g/mol. The van der Waals surface area contributed by atoms with Crippen LogP contribution in [0.1, 0.15) is 44.9 Å². The molecule has 1 saturated carbocycles. The van der Waals surface area contributed by atoms with E-state index < -0.39 is 0 Å². The summed E-state index contributed by atoms with van der Waals surface area (Å²) in [5.41, 5.74) is 0.508. The van der Waals surface area contributed by atoms with Crippen LogP contribution in [0.2, 0.25) is 5.15 Å². The van der Waals surface area contributed by atoms with E-state index in [1.165, 1.54) is 37.4 Å². The second kappa shape index (κ2) is 8.67. The number of nitrogens with one attached hydrogen (secondary N) is 2. The Kier molecular flexibility index (Phi) is 6.31. The molecule has 8 heteroatoms. The molecule has 1 amide bonds. The molecule has 0 aliphatic heterocycles. The summed E-state index contributed by atoms with van der Waals surface area (Å²) in [5.74, 6) is 1.57. The van der Waals surface area contributed by atoms with Gasteiger partial charge in [-0.25, -0.2) is 9.97 Å². The standard InChI is InChI=1S/C17H22ClN5OS/c1-11(16(24)20-13-7-4-10-19-15(13)18)25-17-21-14(22-23-17)9-8-12-5-2-3-6-12/h4,7,10-12H,2-3,5-6,8-9H2,1H3,(H,20,24)(H,21,22,23). The number of anilines is 1. The topological polar surface area (TPSA) is 83.6 Å². The van der Waals surface area contributed by atoms with Crippen molar-refractivity contribution in [1.29, 1.82) is 0 Å². The van der Waals surface area contributed by atoms with Crippen LogP contribution < -0.4 is 5.32 Å². The highest BCUT2D eigenvalue weighted by molar-refractivity contribution is 8.00. The molecule has 134 valence electrons. The van der Waals surface area contributed by atoms with Crippen LogP contribution in [0, 0.1) is 5.92 Å². The predicted molar refractivity (Wildman–Crippen MR) is 99.9 cm³/mol. The zero-order valence-electron chi connectivity index (χ0n) is 14.2. The molecular weight excluding hydrogens is 358 g/mol. The van der Waals surface area contributed by atoms with Crippen LogP contribution in [0.4, 0.5) is 5.69 Å². The number of H-pyrrole nitrogens is 1. The number of pyridine rings is 1. The summed E-state index contributed by atoms with van der Waals surface area (Å²) in [7, 11) is 0. The van der Waals surface area contributed by atoms with Crippen LogP contribution in [0.25, 0.3) is 0 Å². The van der Waals surface area contributed by atoms with Crippen molar-refractivity contribution in [2.24, 2.45) is 5.92 Å². The van der Waals surface area contributed by atoms with E-state index >= 15 is 0 Å². The van der Waals surface area contributed by atoms with E-state index in [0.717, 1.165) is 24.6 Å². The van der Waals surface area contributed by atoms with Gasteiger partial charge in [-0.1, -0.05) is 49.0 Å². The molecule has 1 unspecified atom stereocenters. The summed E-state index contributed by atoms with van der Waals surface area (Å²) in [4.78, 5) is 20.7. The van der Waals surface area contributed by atoms with E-state index in [-0.39, 0.29) is 16.3 Å². The molecule has 2 heterocycles. The largest absolute Gasteiger partial charge is 0.322 e. The molecule has 0 aromatic carbocycles.